The highest BCUT2D eigenvalue weighted by molar-refractivity contribution is 7.80. The van der Waals surface area contributed by atoms with Gasteiger partial charge in [-0.05, 0) is 95.2 Å². The lowest BCUT2D eigenvalue weighted by atomic mass is 10.0. The van der Waals surface area contributed by atoms with Gasteiger partial charge in [-0.25, -0.2) is 4.79 Å². The van der Waals surface area contributed by atoms with Crippen molar-refractivity contribution in [3.8, 4) is 0 Å². The Morgan fingerprint density at radius 1 is 0.595 bits per heavy atom. The molecule has 0 fully saturated rings. The molecular formula is C53H87N15O15S. The average Bonchev–Trinajstić information content (AvgIpc) is 3.70. The Morgan fingerprint density at radius 3 is 1.62 bits per heavy atom. The number of unbranched alkanes of at least 4 members (excludes halogenated alkanes) is 1. The van der Waals surface area contributed by atoms with Crippen LogP contribution in [0.5, 0.6) is 0 Å². The van der Waals surface area contributed by atoms with Crippen molar-refractivity contribution in [2.45, 2.75) is 172 Å². The van der Waals surface area contributed by atoms with Gasteiger partial charge in [0.15, 0.2) is 5.96 Å². The van der Waals surface area contributed by atoms with Gasteiger partial charge in [0.25, 0.3) is 0 Å². The Bertz CT molecular complexity index is 2580. The van der Waals surface area contributed by atoms with Crippen molar-refractivity contribution in [2.24, 2.45) is 39.8 Å². The van der Waals surface area contributed by atoms with Crippen LogP contribution in [0.4, 0.5) is 0 Å². The van der Waals surface area contributed by atoms with Gasteiger partial charge in [0, 0.05) is 42.2 Å². The molecule has 22 N–H and O–H groups in total. The molecule has 31 heteroatoms. The third kappa shape index (κ3) is 25.5. The SMILES string of the molecule is CC(C)C[C@H](NC(=O)[C@H](Cc1c[nH]c2ccccc12)NC(=O)[C@H](CCCN=C(N)N)NC(=O)[C@H](CO)NC(=O)[C@H](CCCCN)NC(=O)[C@H](CCC(=O)O)NC(=O)[C@@H](NC(=O)[C@H](C)NC(=O)[C@H](CC(C)C)NC(=O)[C@@H](N)CS)[C@@H](C)O)C(=O)O. The molecule has 30 nitrogen and oxygen atoms in total. The summed E-state index contributed by atoms with van der Waals surface area (Å²) < 4.78 is 0. The van der Waals surface area contributed by atoms with Crippen LogP contribution in [0.3, 0.4) is 0 Å². The van der Waals surface area contributed by atoms with Gasteiger partial charge in [0.2, 0.25) is 53.2 Å². The molecule has 1 aromatic carbocycles. The first-order valence-corrected chi connectivity index (χ1v) is 28.3. The number of guanidine groups is 1. The molecule has 2 aromatic rings. The number of aromatic amines is 1. The number of H-pyrrole nitrogens is 1. The normalized spacial score (nSPS) is 15.2. The van der Waals surface area contributed by atoms with Crippen LogP contribution in [-0.4, -0.2) is 188 Å². The van der Waals surface area contributed by atoms with Crippen LogP contribution in [0, 0.1) is 11.8 Å². The van der Waals surface area contributed by atoms with Crippen LogP contribution in [0.2, 0.25) is 0 Å². The lowest BCUT2D eigenvalue weighted by Crippen LogP contribution is -2.62. The topological polar surface area (TPSA) is 509 Å². The number of nitrogens with one attached hydrogen (secondary N) is 10. The van der Waals surface area contributed by atoms with Crippen molar-refractivity contribution >= 4 is 94.6 Å². The van der Waals surface area contributed by atoms with Crippen molar-refractivity contribution in [3.05, 3.63) is 36.0 Å². The van der Waals surface area contributed by atoms with Crippen molar-refractivity contribution in [2.75, 3.05) is 25.4 Å². The second kappa shape index (κ2) is 36.9. The predicted molar refractivity (Wildman–Crippen MR) is 312 cm³/mol. The standard InChI is InChI=1S/C53H87N15O15S/c1-26(2)20-37(64-44(74)32(55)25-84)48(78)60-28(5)43(73)68-42(29(6)70)51(81)63-36(16-17-41(71)72)47(77)61-34(14-9-10-18-54)46(76)67-40(24-69)50(80)62-35(15-11-19-58-53(56)57)45(75)65-38(49(79)66-39(52(82)83)21-27(3)4)22-30-23-59-33-13-8-7-12-31(30)33/h7-8,12-13,23,26-29,32,34-40,42,59,69-70,84H,9-11,14-22,24-25,54-55H2,1-6H3,(H,60,78)(H,61,77)(H,62,80)(H,63,81)(H,64,74)(H,65,75)(H,66,79)(H,67,76)(H,68,73)(H,71,72)(H,82,83)(H4,56,57,58)/t28-,29+,32-,34-,35-,36-,37-,38-,39-,40-,42-/m0/s1. The Hall–Kier alpha value is -7.61. The summed E-state index contributed by atoms with van der Waals surface area (Å²) in [5.74, 6) is -12.0. The average molecular weight is 1210 g/mol. The monoisotopic (exact) mass is 1210 g/mol. The number of hydrogen-bond acceptors (Lipinski definition) is 17. The van der Waals surface area contributed by atoms with Crippen LogP contribution in [0.25, 0.3) is 10.9 Å². The van der Waals surface area contributed by atoms with E-state index in [0.717, 1.165) is 6.92 Å². The van der Waals surface area contributed by atoms with Gasteiger partial charge in [-0.2, -0.15) is 12.6 Å². The molecule has 0 unspecified atom stereocenters. The lowest BCUT2D eigenvalue weighted by molar-refractivity contribution is -0.143. The molecule has 470 valence electrons. The maximum atomic E-state index is 14.3. The summed E-state index contributed by atoms with van der Waals surface area (Å²) in [6, 6.07) is -7.62. The third-order valence-electron chi connectivity index (χ3n) is 13.0. The maximum Gasteiger partial charge on any atom is 0.326 e. The summed E-state index contributed by atoms with van der Waals surface area (Å²) in [6.45, 7) is 8.54. The number of aliphatic hydroxyl groups is 2. The van der Waals surface area contributed by atoms with Crippen molar-refractivity contribution < 1.29 is 73.2 Å². The Balaban J connectivity index is 2.43. The van der Waals surface area contributed by atoms with Crippen molar-refractivity contribution in [3.63, 3.8) is 0 Å². The number of rotatable bonds is 39. The fraction of sp³-hybridized carbons (Fsp3) is 0.623. The van der Waals surface area contributed by atoms with Crippen LogP contribution >= 0.6 is 12.6 Å². The first kappa shape index (κ1) is 72.5. The maximum absolute atomic E-state index is 14.3. The van der Waals surface area contributed by atoms with Gasteiger partial charge in [-0.3, -0.25) is 52.9 Å². The Labute approximate surface area is 492 Å². The number of carboxylic acids is 2. The molecule has 0 saturated carbocycles. The zero-order chi connectivity index (χ0) is 63.4. The molecule has 0 aliphatic rings. The van der Waals surface area contributed by atoms with Crippen LogP contribution in [0.15, 0.2) is 35.5 Å². The minimum atomic E-state index is -1.82. The fourth-order valence-electron chi connectivity index (χ4n) is 8.44. The van der Waals surface area contributed by atoms with Crippen LogP contribution < -0.4 is 70.8 Å². The summed E-state index contributed by atoms with van der Waals surface area (Å²) in [5, 5.41) is 63.4. The molecule has 0 aliphatic heterocycles. The predicted octanol–water partition coefficient (Wildman–Crippen LogP) is -4.05. The number of aliphatic hydroxyl groups excluding tert-OH is 2. The molecular weight excluding hydrogens is 1120 g/mol. The van der Waals surface area contributed by atoms with E-state index in [2.05, 4.69) is 70.5 Å². The van der Waals surface area contributed by atoms with E-state index in [1.54, 1.807) is 58.2 Å². The number of nitrogens with two attached hydrogens (primary N) is 4. The van der Waals surface area contributed by atoms with Gasteiger partial charge in [0.1, 0.15) is 54.4 Å². The summed E-state index contributed by atoms with van der Waals surface area (Å²) in [4.78, 5) is 154. The van der Waals surface area contributed by atoms with E-state index in [4.69, 9.17) is 22.9 Å². The quantitative estimate of drug-likeness (QED) is 0.0131. The fourth-order valence-corrected chi connectivity index (χ4v) is 8.60. The smallest absolute Gasteiger partial charge is 0.326 e. The molecule has 0 saturated heterocycles. The summed E-state index contributed by atoms with van der Waals surface area (Å²) >= 11 is 4.00. The number of amides is 9. The number of aliphatic imine (C=N–C) groups is 1. The van der Waals surface area contributed by atoms with E-state index < -0.39 is 151 Å². The molecule has 2 rings (SSSR count). The largest absolute Gasteiger partial charge is 0.481 e. The van der Waals surface area contributed by atoms with E-state index in [0.29, 0.717) is 22.9 Å². The highest BCUT2D eigenvalue weighted by Crippen LogP contribution is 2.20. The van der Waals surface area contributed by atoms with Gasteiger partial charge in [0.05, 0.1) is 18.8 Å². The number of benzene rings is 1. The van der Waals surface area contributed by atoms with E-state index in [1.807, 2.05) is 0 Å². The number of aromatic nitrogens is 1. The number of carboxylic acid groups (broad SMARTS) is 2. The van der Waals surface area contributed by atoms with Gasteiger partial charge >= 0.3 is 11.9 Å². The molecule has 0 radical (unpaired) electrons. The third-order valence-corrected chi connectivity index (χ3v) is 13.4. The summed E-state index contributed by atoms with van der Waals surface area (Å²) in [6.07, 6.45) is -1.05. The number of carbonyl (C=O) groups is 11. The van der Waals surface area contributed by atoms with Gasteiger partial charge < -0.3 is 96.2 Å². The van der Waals surface area contributed by atoms with E-state index in [-0.39, 0.29) is 81.6 Å². The van der Waals surface area contributed by atoms with Gasteiger partial charge in [-0.15, -0.1) is 0 Å². The molecule has 0 spiro atoms. The summed E-state index contributed by atoms with van der Waals surface area (Å²) in [7, 11) is 0. The molecule has 84 heavy (non-hydrogen) atoms. The molecule has 1 aromatic heterocycles. The first-order valence-electron chi connectivity index (χ1n) is 27.7. The van der Waals surface area contributed by atoms with Crippen LogP contribution in [0.1, 0.15) is 105 Å². The number of fused-ring (bicyclic) bond motifs is 1. The Morgan fingerprint density at radius 2 is 1.08 bits per heavy atom. The zero-order valence-corrected chi connectivity index (χ0v) is 49.2. The lowest BCUT2D eigenvalue weighted by Gasteiger charge is -2.28. The van der Waals surface area contributed by atoms with E-state index >= 15 is 0 Å². The number of para-hydroxylation sites is 1. The van der Waals surface area contributed by atoms with Crippen molar-refractivity contribution in [1.82, 2.24) is 52.8 Å². The second-order valence-corrected chi connectivity index (χ2v) is 21.5. The summed E-state index contributed by atoms with van der Waals surface area (Å²) in [5.41, 5.74) is 23.8. The number of aliphatic carboxylic acids is 2. The molecule has 0 bridgehead atoms. The minimum absolute atomic E-state index is 0.0165. The minimum Gasteiger partial charge on any atom is -0.481 e. The Kier molecular flexibility index (Phi) is 31.8. The van der Waals surface area contributed by atoms with Crippen LogP contribution in [-0.2, 0) is 59.2 Å². The van der Waals surface area contributed by atoms with Crippen molar-refractivity contribution in [1.29, 1.82) is 0 Å². The first-order chi connectivity index (χ1) is 39.5. The second-order valence-electron chi connectivity index (χ2n) is 21.2. The van der Waals surface area contributed by atoms with Gasteiger partial charge in [-0.1, -0.05) is 45.9 Å². The molecule has 1 heterocycles. The number of carbonyl (C=O) groups excluding carboxylic acids is 9. The molecule has 0 aliphatic carbocycles. The highest BCUT2D eigenvalue weighted by Gasteiger charge is 2.36. The number of hydrogen-bond donors (Lipinski definition) is 19. The zero-order valence-electron chi connectivity index (χ0n) is 48.3. The van der Waals surface area contributed by atoms with E-state index in [9.17, 15) is 73.2 Å². The molecule has 9 amide bonds. The number of nitrogens with zero attached hydrogens (tertiary/aromatic N) is 1. The van der Waals surface area contributed by atoms with E-state index in [1.165, 1.54) is 6.92 Å². The number of thiol groups is 1. The highest BCUT2D eigenvalue weighted by atomic mass is 32.1. The molecule has 11 atom stereocenters.